The largest absolute Gasteiger partial charge is 0.475 e. The monoisotopic (exact) mass is 371 g/mol. The van der Waals surface area contributed by atoms with E-state index in [0.29, 0.717) is 25.1 Å². The van der Waals surface area contributed by atoms with E-state index in [1.54, 1.807) is 6.20 Å². The van der Waals surface area contributed by atoms with E-state index in [1.807, 2.05) is 25.1 Å². The summed E-state index contributed by atoms with van der Waals surface area (Å²) in [5.41, 5.74) is 1.73. The summed E-state index contributed by atoms with van der Waals surface area (Å²) in [5, 5.41) is 13.7. The van der Waals surface area contributed by atoms with E-state index in [1.165, 1.54) is 0 Å². The van der Waals surface area contributed by atoms with Gasteiger partial charge in [0.1, 0.15) is 5.75 Å². The molecule has 1 fully saturated rings. The molecular formula is C20H29N5O2. The predicted molar refractivity (Wildman–Crippen MR) is 104 cm³/mol. The standard InChI is InChI=1S/C20H29N5O2/c1-14-16(6-5-9-22-14)27-20(7-10-21-11-8-20)18(26)23-13-15-12-17(25-24-15)19(2,3)4/h5-6,9,12,21H,7-8,10-11,13H2,1-4H3,(H,23,26)(H,24,25). The fourth-order valence-corrected chi connectivity index (χ4v) is 3.17. The number of aryl methyl sites for hydroxylation is 1. The van der Waals surface area contributed by atoms with Crippen molar-refractivity contribution in [2.75, 3.05) is 13.1 Å². The van der Waals surface area contributed by atoms with Crippen LogP contribution in [0.3, 0.4) is 0 Å². The van der Waals surface area contributed by atoms with Gasteiger partial charge in [0.25, 0.3) is 5.91 Å². The minimum absolute atomic E-state index is 0.0318. The van der Waals surface area contributed by atoms with Crippen LogP contribution in [0.2, 0.25) is 0 Å². The molecular weight excluding hydrogens is 342 g/mol. The first-order valence-corrected chi connectivity index (χ1v) is 9.45. The summed E-state index contributed by atoms with van der Waals surface area (Å²) in [5.74, 6) is 0.560. The number of carbonyl (C=O) groups excluding carboxylic acids is 1. The molecule has 3 N–H and O–H groups in total. The number of H-pyrrole nitrogens is 1. The number of ether oxygens (including phenoxy) is 1. The molecule has 1 saturated heterocycles. The van der Waals surface area contributed by atoms with Crippen molar-refractivity contribution in [2.45, 2.75) is 58.1 Å². The summed E-state index contributed by atoms with van der Waals surface area (Å²) in [6, 6.07) is 5.69. The first-order valence-electron chi connectivity index (χ1n) is 9.45. The Morgan fingerprint density at radius 2 is 2.07 bits per heavy atom. The van der Waals surface area contributed by atoms with Crippen LogP contribution in [0.1, 0.15) is 50.7 Å². The summed E-state index contributed by atoms with van der Waals surface area (Å²) in [4.78, 5) is 17.4. The van der Waals surface area contributed by atoms with Crippen molar-refractivity contribution in [2.24, 2.45) is 0 Å². The van der Waals surface area contributed by atoms with Crippen molar-refractivity contribution in [1.29, 1.82) is 0 Å². The number of nitrogens with zero attached hydrogens (tertiary/aromatic N) is 2. The normalized spacial score (nSPS) is 16.7. The molecule has 0 aromatic carbocycles. The number of piperidine rings is 1. The van der Waals surface area contributed by atoms with E-state index < -0.39 is 5.60 Å². The van der Waals surface area contributed by atoms with Crippen LogP contribution in [-0.2, 0) is 16.8 Å². The first-order chi connectivity index (χ1) is 12.8. The fourth-order valence-electron chi connectivity index (χ4n) is 3.17. The molecule has 3 rings (SSSR count). The lowest BCUT2D eigenvalue weighted by Gasteiger charge is -2.36. The molecule has 1 aliphatic heterocycles. The number of amides is 1. The lowest BCUT2D eigenvalue weighted by atomic mass is 9.90. The molecule has 0 radical (unpaired) electrons. The van der Waals surface area contributed by atoms with Crippen molar-refractivity contribution in [1.82, 2.24) is 25.8 Å². The Hall–Kier alpha value is -2.41. The second-order valence-electron chi connectivity index (χ2n) is 8.14. The van der Waals surface area contributed by atoms with Gasteiger partial charge >= 0.3 is 0 Å². The summed E-state index contributed by atoms with van der Waals surface area (Å²) >= 11 is 0. The highest BCUT2D eigenvalue weighted by atomic mass is 16.5. The van der Waals surface area contributed by atoms with Gasteiger partial charge in [0.2, 0.25) is 0 Å². The predicted octanol–water partition coefficient (Wildman–Crippen LogP) is 2.23. The summed E-state index contributed by atoms with van der Waals surface area (Å²) in [6.45, 7) is 10.1. The van der Waals surface area contributed by atoms with Crippen molar-refractivity contribution in [3.05, 3.63) is 41.5 Å². The van der Waals surface area contributed by atoms with Gasteiger partial charge in [-0.1, -0.05) is 20.8 Å². The Kier molecular flexibility index (Phi) is 5.51. The Bertz CT molecular complexity index is 788. The van der Waals surface area contributed by atoms with Gasteiger partial charge in [0.15, 0.2) is 5.60 Å². The van der Waals surface area contributed by atoms with E-state index in [-0.39, 0.29) is 11.3 Å². The van der Waals surface area contributed by atoms with Crippen molar-refractivity contribution < 1.29 is 9.53 Å². The number of carbonyl (C=O) groups is 1. The molecule has 0 unspecified atom stereocenters. The van der Waals surface area contributed by atoms with Gasteiger partial charge in [0.05, 0.1) is 23.6 Å². The quantitative estimate of drug-likeness (QED) is 0.750. The third-order valence-corrected chi connectivity index (χ3v) is 4.93. The molecule has 1 aliphatic rings. The SMILES string of the molecule is Cc1ncccc1OC1(C(=O)NCc2cc(C(C)(C)C)n[nH]2)CCNCC1. The summed E-state index contributed by atoms with van der Waals surface area (Å²) in [6.07, 6.45) is 2.95. The Balaban J connectivity index is 1.72. The van der Waals surface area contributed by atoms with Gasteiger partial charge in [-0.3, -0.25) is 14.9 Å². The first kappa shape index (κ1) is 19.4. The van der Waals surface area contributed by atoms with E-state index in [2.05, 4.69) is 46.6 Å². The van der Waals surface area contributed by atoms with Gasteiger partial charge in [-0.15, -0.1) is 0 Å². The van der Waals surface area contributed by atoms with Crippen LogP contribution in [0.4, 0.5) is 0 Å². The van der Waals surface area contributed by atoms with Crippen LogP contribution in [0.15, 0.2) is 24.4 Å². The number of aromatic amines is 1. The lowest BCUT2D eigenvalue weighted by molar-refractivity contribution is -0.139. The zero-order valence-electron chi connectivity index (χ0n) is 16.6. The van der Waals surface area contributed by atoms with E-state index in [9.17, 15) is 4.79 Å². The van der Waals surface area contributed by atoms with Crippen LogP contribution in [-0.4, -0.2) is 39.8 Å². The van der Waals surface area contributed by atoms with E-state index >= 15 is 0 Å². The molecule has 0 saturated carbocycles. The highest BCUT2D eigenvalue weighted by Gasteiger charge is 2.42. The Morgan fingerprint density at radius 1 is 1.33 bits per heavy atom. The second kappa shape index (κ2) is 7.68. The molecule has 146 valence electrons. The van der Waals surface area contributed by atoms with Crippen molar-refractivity contribution in [3.63, 3.8) is 0 Å². The van der Waals surface area contributed by atoms with Gasteiger partial charge in [-0.05, 0) is 38.2 Å². The molecule has 0 aliphatic carbocycles. The molecule has 1 amide bonds. The fraction of sp³-hybridized carbons (Fsp3) is 0.550. The zero-order valence-corrected chi connectivity index (χ0v) is 16.6. The van der Waals surface area contributed by atoms with Crippen LogP contribution in [0.5, 0.6) is 5.75 Å². The van der Waals surface area contributed by atoms with E-state index in [0.717, 1.165) is 30.2 Å². The highest BCUT2D eigenvalue weighted by Crippen LogP contribution is 2.28. The zero-order chi connectivity index (χ0) is 19.5. The van der Waals surface area contributed by atoms with Gasteiger partial charge in [-0.25, -0.2) is 0 Å². The lowest BCUT2D eigenvalue weighted by Crippen LogP contribution is -2.56. The minimum atomic E-state index is -0.883. The number of aromatic nitrogens is 3. The maximum absolute atomic E-state index is 13.1. The Labute approximate surface area is 160 Å². The average molecular weight is 371 g/mol. The molecule has 0 atom stereocenters. The number of pyridine rings is 1. The Morgan fingerprint density at radius 3 is 2.70 bits per heavy atom. The summed E-state index contributed by atoms with van der Waals surface area (Å²) < 4.78 is 6.24. The van der Waals surface area contributed by atoms with Crippen LogP contribution < -0.4 is 15.4 Å². The molecule has 2 aromatic rings. The smallest absolute Gasteiger partial charge is 0.264 e. The third-order valence-electron chi connectivity index (χ3n) is 4.93. The molecule has 0 bridgehead atoms. The molecule has 3 heterocycles. The van der Waals surface area contributed by atoms with Crippen LogP contribution in [0.25, 0.3) is 0 Å². The maximum atomic E-state index is 13.1. The molecule has 2 aromatic heterocycles. The topological polar surface area (TPSA) is 91.9 Å². The molecule has 7 heteroatoms. The number of hydrogen-bond acceptors (Lipinski definition) is 5. The number of hydrogen-bond donors (Lipinski definition) is 3. The third kappa shape index (κ3) is 4.47. The molecule has 7 nitrogen and oxygen atoms in total. The molecule has 0 spiro atoms. The van der Waals surface area contributed by atoms with E-state index in [4.69, 9.17) is 4.74 Å². The number of nitrogens with one attached hydrogen (secondary N) is 3. The average Bonchev–Trinajstić information content (AvgIpc) is 3.12. The van der Waals surface area contributed by atoms with Crippen molar-refractivity contribution >= 4 is 5.91 Å². The maximum Gasteiger partial charge on any atom is 0.264 e. The van der Waals surface area contributed by atoms with Gasteiger partial charge in [0, 0.05) is 24.5 Å². The van der Waals surface area contributed by atoms with Gasteiger partial charge < -0.3 is 15.4 Å². The summed E-state index contributed by atoms with van der Waals surface area (Å²) in [7, 11) is 0. The molecule has 27 heavy (non-hydrogen) atoms. The van der Waals surface area contributed by atoms with Crippen LogP contribution >= 0.6 is 0 Å². The minimum Gasteiger partial charge on any atom is -0.475 e. The second-order valence-corrected chi connectivity index (χ2v) is 8.14. The van der Waals surface area contributed by atoms with Gasteiger partial charge in [-0.2, -0.15) is 5.10 Å². The number of rotatable bonds is 5. The van der Waals surface area contributed by atoms with Crippen LogP contribution in [0, 0.1) is 6.92 Å². The highest BCUT2D eigenvalue weighted by molar-refractivity contribution is 5.85. The van der Waals surface area contributed by atoms with Crippen molar-refractivity contribution in [3.8, 4) is 5.75 Å².